The molecule has 16 nitrogen and oxygen atoms in total. The normalized spacial score (nSPS) is 15.2. The molecule has 0 rings (SSSR count). The highest BCUT2D eigenvalue weighted by Gasteiger charge is 2.55. The van der Waals surface area contributed by atoms with Gasteiger partial charge in [0.25, 0.3) is 0 Å². The molecule has 268 valence electrons. The molecule has 0 spiro atoms. The highest BCUT2D eigenvalue weighted by Crippen LogP contribution is 2.85. The van der Waals surface area contributed by atoms with E-state index in [2.05, 4.69) is 196 Å². The Hall–Kier alpha value is 0.270. The van der Waals surface area contributed by atoms with Crippen molar-refractivity contribution in [2.75, 3.05) is 155 Å². The molecular weight excluding hydrogens is 667 g/mol. The fraction of sp³-hybridized carbons (Fsp3) is 0.917. The minimum atomic E-state index is -3.49. The van der Waals surface area contributed by atoms with Crippen molar-refractivity contribution in [1.82, 2.24) is 57.1 Å². The maximum Gasteiger partial charge on any atom is 0.502 e. The molecule has 0 radical (unpaired) electrons. The van der Waals surface area contributed by atoms with Gasteiger partial charge in [0, 0.05) is 13.1 Å². The second kappa shape index (κ2) is 17.8. The van der Waals surface area contributed by atoms with Crippen molar-refractivity contribution in [2.24, 2.45) is 18.1 Å². The fourth-order valence-corrected chi connectivity index (χ4v) is 27.7. The van der Waals surface area contributed by atoms with Crippen molar-refractivity contribution in [3.05, 3.63) is 0 Å². The highest BCUT2D eigenvalue weighted by atomic mass is 31.3. The molecular formula is C24H68N16P5+. The van der Waals surface area contributed by atoms with E-state index in [0.717, 1.165) is 0 Å². The van der Waals surface area contributed by atoms with Gasteiger partial charge in [0.15, 0.2) is 0 Å². The number of nitrogens with one attached hydrogen (secondary N) is 2. The van der Waals surface area contributed by atoms with Crippen LogP contribution in [0.1, 0.15) is 0 Å². The molecule has 0 bridgehead atoms. The van der Waals surface area contributed by atoms with E-state index in [1.54, 1.807) is 0 Å². The number of rotatable bonds is 15. The largest absolute Gasteiger partial charge is 0.502 e. The first-order valence-electron chi connectivity index (χ1n) is 14.5. The van der Waals surface area contributed by atoms with Gasteiger partial charge in [0.1, 0.15) is 0 Å². The Kier molecular flexibility index (Phi) is 17.9. The van der Waals surface area contributed by atoms with Crippen LogP contribution in [0.2, 0.25) is 0 Å². The third-order valence-electron chi connectivity index (χ3n) is 7.03. The van der Waals surface area contributed by atoms with E-state index in [9.17, 15) is 0 Å². The van der Waals surface area contributed by atoms with Crippen LogP contribution < -0.4 is 10.4 Å². The smallest absolute Gasteiger partial charge is 0.349 e. The van der Waals surface area contributed by atoms with Crippen molar-refractivity contribution >= 4 is 37.7 Å². The Morgan fingerprint density at radius 1 is 0.400 bits per heavy atom. The minimum Gasteiger partial charge on any atom is -0.349 e. The van der Waals surface area contributed by atoms with Gasteiger partial charge < -0.3 is 5.32 Å². The van der Waals surface area contributed by atoms with Crippen molar-refractivity contribution in [1.29, 1.82) is 0 Å². The minimum absolute atomic E-state index is 1.82. The SMILES string of the molecule is CNC#CP(=N[P+](N=P(N(C)C)(N(C)C)N(C)C)(N=P(N(C)C)(N(C)C)N(C)C)N=P(N(C)C)(N(C)C)N(C)C)(NC)N(C)C. The summed E-state index contributed by atoms with van der Waals surface area (Å²) in [5.41, 5.74) is 3.47. The number of hydrogen-bond donors (Lipinski definition) is 2. The molecule has 0 aromatic carbocycles. The Morgan fingerprint density at radius 2 is 0.644 bits per heavy atom. The van der Waals surface area contributed by atoms with Gasteiger partial charge in [-0.3, -0.25) is 9.76 Å². The van der Waals surface area contributed by atoms with Crippen LogP contribution in [0.4, 0.5) is 0 Å². The predicted octanol–water partition coefficient (Wildman–Crippen LogP) is 4.51. The molecule has 0 aromatic heterocycles. The van der Waals surface area contributed by atoms with E-state index in [1.807, 2.05) is 28.2 Å². The lowest BCUT2D eigenvalue weighted by Gasteiger charge is -2.43. The summed E-state index contributed by atoms with van der Waals surface area (Å²) < 4.78 is 45.8. The van der Waals surface area contributed by atoms with Crippen molar-refractivity contribution in [2.45, 2.75) is 0 Å². The molecule has 1 atom stereocenters. The molecule has 45 heavy (non-hydrogen) atoms. The van der Waals surface area contributed by atoms with Crippen molar-refractivity contribution in [3.8, 4) is 11.7 Å². The van der Waals surface area contributed by atoms with Gasteiger partial charge >= 0.3 is 7.87 Å². The third-order valence-corrected chi connectivity index (χ3v) is 26.6. The van der Waals surface area contributed by atoms with Crippen LogP contribution in [0.5, 0.6) is 0 Å². The molecule has 0 aliphatic heterocycles. The summed E-state index contributed by atoms with van der Waals surface area (Å²) in [5, 5.41) is 6.56. The molecule has 0 saturated carbocycles. The standard InChI is InChI=1S/C24H68N16P5/c1-25-23-24-41(26-2,31(3)4)27-42(28-43(32(5)6,33(7)8)34(9)10,29-44(35(11)12,36(13)14)37(15)16)30-45(38(17)18,39(19)20)40(21)22/h25-26H,1-22H3/q+1. The topological polar surface area (TPSA) is 106 Å². The molecule has 0 fully saturated rings. The van der Waals surface area contributed by atoms with Gasteiger partial charge in [-0.15, -0.1) is 0 Å². The maximum absolute atomic E-state index is 5.99. The monoisotopic (exact) mass is 735 g/mol. The first-order chi connectivity index (χ1) is 20.4. The Balaban J connectivity index is 10.2. The Labute approximate surface area is 279 Å². The van der Waals surface area contributed by atoms with Crippen LogP contribution in [-0.2, 0) is 0 Å². The maximum atomic E-state index is 5.99. The summed E-state index contributed by atoms with van der Waals surface area (Å²) in [6.07, 6.45) is 0. The zero-order valence-corrected chi connectivity index (χ0v) is 37.0. The molecule has 0 aliphatic carbocycles. The molecule has 21 heteroatoms. The van der Waals surface area contributed by atoms with E-state index in [1.165, 1.54) is 0 Å². The van der Waals surface area contributed by atoms with Gasteiger partial charge in [0.2, 0.25) is 29.9 Å². The average molecular weight is 736 g/mol. The molecule has 0 aromatic rings. The predicted molar refractivity (Wildman–Crippen MR) is 207 cm³/mol. The number of nitrogens with zero attached hydrogens (tertiary/aromatic N) is 14. The highest BCUT2D eigenvalue weighted by molar-refractivity contribution is 7.88. The molecule has 1 unspecified atom stereocenters. The molecule has 0 heterocycles. The Morgan fingerprint density at radius 3 is 0.800 bits per heavy atom. The van der Waals surface area contributed by atoms with Crippen LogP contribution >= 0.6 is 37.7 Å². The average Bonchev–Trinajstić information content (AvgIpc) is 2.89. The van der Waals surface area contributed by atoms with Gasteiger partial charge in [-0.2, -0.15) is 0 Å². The molecule has 0 saturated heterocycles. The fourth-order valence-electron chi connectivity index (χ4n) is 5.34. The van der Waals surface area contributed by atoms with Gasteiger partial charge in [-0.25, -0.2) is 42.0 Å². The summed E-state index contributed by atoms with van der Waals surface area (Å²) in [6.45, 7) is 0. The van der Waals surface area contributed by atoms with E-state index >= 15 is 0 Å². The van der Waals surface area contributed by atoms with Crippen molar-refractivity contribution in [3.63, 3.8) is 0 Å². The van der Waals surface area contributed by atoms with Crippen LogP contribution in [0.25, 0.3) is 0 Å². The van der Waals surface area contributed by atoms with E-state index in [0.29, 0.717) is 0 Å². The molecule has 0 aliphatic rings. The zero-order valence-electron chi connectivity index (χ0n) is 32.5. The van der Waals surface area contributed by atoms with Crippen molar-refractivity contribution < 1.29 is 0 Å². The van der Waals surface area contributed by atoms with Crippen LogP contribution in [0, 0.1) is 11.7 Å². The Bertz CT molecular complexity index is 1050. The first-order valence-corrected chi connectivity index (χ1v) is 22.6. The zero-order chi connectivity index (χ0) is 35.9. The quantitative estimate of drug-likeness (QED) is 0.141. The second-order valence-corrected chi connectivity index (χ2v) is 29.3. The molecule has 2 N–H and O–H groups in total. The summed E-state index contributed by atoms with van der Waals surface area (Å²) in [4.78, 5) is 0. The second-order valence-electron chi connectivity index (χ2n) is 12.3. The van der Waals surface area contributed by atoms with Crippen LogP contribution in [-0.4, -0.2) is 202 Å². The van der Waals surface area contributed by atoms with E-state index < -0.39 is 37.7 Å². The lowest BCUT2D eigenvalue weighted by molar-refractivity contribution is 0.472. The summed E-state index contributed by atoms with van der Waals surface area (Å²) in [6, 6.07) is 3.12. The first kappa shape index (κ1) is 45.3. The summed E-state index contributed by atoms with van der Waals surface area (Å²) in [5.74, 6) is 0. The van der Waals surface area contributed by atoms with Gasteiger partial charge in [-0.05, 0) is 172 Å². The van der Waals surface area contributed by atoms with E-state index in [4.69, 9.17) is 18.1 Å². The number of hydrogen-bond acceptors (Lipinski definition) is 5. The summed E-state index contributed by atoms with van der Waals surface area (Å²) in [7, 11) is 31.1. The lowest BCUT2D eigenvalue weighted by atomic mass is 11.1. The van der Waals surface area contributed by atoms with E-state index in [-0.39, 0.29) is 0 Å². The van der Waals surface area contributed by atoms with Gasteiger partial charge in [-0.1, -0.05) is 0 Å². The molecule has 0 amide bonds. The van der Waals surface area contributed by atoms with Crippen LogP contribution in [0.15, 0.2) is 18.1 Å². The van der Waals surface area contributed by atoms with Crippen LogP contribution in [0.3, 0.4) is 0 Å². The van der Waals surface area contributed by atoms with Gasteiger partial charge in [0.05, 0.1) is 0 Å². The summed E-state index contributed by atoms with van der Waals surface area (Å²) >= 11 is 0. The lowest BCUT2D eigenvalue weighted by Crippen LogP contribution is -2.32. The third kappa shape index (κ3) is 9.29.